The summed E-state index contributed by atoms with van der Waals surface area (Å²) >= 11 is 7.10. The molecule has 1 aliphatic rings. The van der Waals surface area contributed by atoms with Gasteiger partial charge in [-0.05, 0) is 35.4 Å². The van der Waals surface area contributed by atoms with Crippen molar-refractivity contribution in [3.05, 3.63) is 68.9 Å². The number of hydrogen-bond acceptors (Lipinski definition) is 4. The van der Waals surface area contributed by atoms with Crippen molar-refractivity contribution >= 4 is 40.5 Å². The van der Waals surface area contributed by atoms with Gasteiger partial charge >= 0.3 is 5.97 Å². The van der Waals surface area contributed by atoms with Gasteiger partial charge in [-0.3, -0.25) is 4.79 Å². The topological polar surface area (TPSA) is 86.6 Å². The van der Waals surface area contributed by atoms with Crippen molar-refractivity contribution in [1.82, 2.24) is 0 Å². The fraction of sp³-hybridized carbons (Fsp3) is 0.100. The Morgan fingerprint density at radius 2 is 1.93 bits per heavy atom. The van der Waals surface area contributed by atoms with E-state index in [-0.39, 0.29) is 28.9 Å². The summed E-state index contributed by atoms with van der Waals surface area (Å²) in [5.74, 6) is -1.46. The molecule has 3 aromatic rings. The number of nitrogens with one attached hydrogen (secondary N) is 1. The Kier molecular flexibility index (Phi) is 4.37. The second-order valence-corrected chi connectivity index (χ2v) is 7.75. The predicted molar refractivity (Wildman–Crippen MR) is 105 cm³/mol. The van der Waals surface area contributed by atoms with Crippen LogP contribution in [0.3, 0.4) is 0 Å². The average Bonchev–Trinajstić information content (AvgIpc) is 3.01. The average molecular weight is 400 g/mol. The molecule has 1 aromatic heterocycles. The van der Waals surface area contributed by atoms with Crippen LogP contribution in [-0.2, 0) is 4.79 Å². The molecule has 0 aliphatic carbocycles. The smallest absolute Gasteiger partial charge is 0.346 e. The van der Waals surface area contributed by atoms with E-state index >= 15 is 0 Å². The van der Waals surface area contributed by atoms with Gasteiger partial charge in [0.1, 0.15) is 10.6 Å². The van der Waals surface area contributed by atoms with Crippen molar-refractivity contribution in [2.24, 2.45) is 0 Å². The molecule has 1 amide bonds. The number of phenolic OH excluding ortho intramolecular Hbond substituents is 1. The van der Waals surface area contributed by atoms with Crippen LogP contribution in [-0.4, -0.2) is 22.1 Å². The Labute approximate surface area is 163 Å². The van der Waals surface area contributed by atoms with Gasteiger partial charge in [-0.15, -0.1) is 11.3 Å². The highest BCUT2D eigenvalue weighted by Crippen LogP contribution is 2.49. The van der Waals surface area contributed by atoms with Crippen molar-refractivity contribution < 1.29 is 19.8 Å². The van der Waals surface area contributed by atoms with Crippen LogP contribution in [0, 0.1) is 0 Å². The number of carbonyl (C=O) groups is 2. The third kappa shape index (κ3) is 3.18. The number of carbonyl (C=O) groups excluding carboxylic acids is 1. The van der Waals surface area contributed by atoms with E-state index in [1.54, 1.807) is 42.5 Å². The number of thiophene rings is 1. The number of carboxylic acids is 1. The van der Waals surface area contributed by atoms with Gasteiger partial charge in [0.25, 0.3) is 0 Å². The van der Waals surface area contributed by atoms with E-state index in [4.69, 9.17) is 11.6 Å². The summed E-state index contributed by atoms with van der Waals surface area (Å²) in [5, 5.41) is 22.9. The van der Waals surface area contributed by atoms with Crippen LogP contribution >= 0.6 is 22.9 Å². The van der Waals surface area contributed by atoms with Gasteiger partial charge in [0, 0.05) is 27.8 Å². The van der Waals surface area contributed by atoms with Crippen LogP contribution in [0.4, 0.5) is 5.69 Å². The monoisotopic (exact) mass is 399 g/mol. The summed E-state index contributed by atoms with van der Waals surface area (Å²) in [6.45, 7) is 0. The van der Waals surface area contributed by atoms with Gasteiger partial charge in [0.05, 0.1) is 5.69 Å². The lowest BCUT2D eigenvalue weighted by Gasteiger charge is -2.24. The fourth-order valence-electron chi connectivity index (χ4n) is 3.34. The highest BCUT2D eigenvalue weighted by Gasteiger charge is 2.34. The zero-order valence-electron chi connectivity index (χ0n) is 13.9. The first-order valence-electron chi connectivity index (χ1n) is 8.18. The molecule has 4 rings (SSSR count). The molecule has 1 atom stereocenters. The molecular formula is C20H14ClNO4S. The summed E-state index contributed by atoms with van der Waals surface area (Å²) in [5.41, 5.74) is 2.44. The number of amides is 1. The van der Waals surface area contributed by atoms with E-state index in [1.165, 1.54) is 0 Å². The number of benzene rings is 2. The molecule has 2 aromatic carbocycles. The van der Waals surface area contributed by atoms with E-state index in [0.717, 1.165) is 21.8 Å². The highest BCUT2D eigenvalue weighted by molar-refractivity contribution is 7.15. The highest BCUT2D eigenvalue weighted by atomic mass is 35.5. The number of anilines is 1. The number of rotatable bonds is 3. The number of aromatic carboxylic acids is 1. The first kappa shape index (κ1) is 17.6. The van der Waals surface area contributed by atoms with E-state index < -0.39 is 5.97 Å². The number of phenols is 1. The SMILES string of the molecule is O=C1CC(c2cccc(O)c2)c2sc(C(=O)O)c(-c3ccc(Cl)cc3)c2N1. The van der Waals surface area contributed by atoms with Gasteiger partial charge in [-0.2, -0.15) is 0 Å². The number of fused-ring (bicyclic) bond motifs is 1. The minimum Gasteiger partial charge on any atom is -0.508 e. The second kappa shape index (κ2) is 6.72. The lowest BCUT2D eigenvalue weighted by Crippen LogP contribution is -2.22. The molecule has 2 heterocycles. The van der Waals surface area contributed by atoms with Crippen molar-refractivity contribution in [2.45, 2.75) is 12.3 Å². The summed E-state index contributed by atoms with van der Waals surface area (Å²) in [6.07, 6.45) is 0.191. The first-order chi connectivity index (χ1) is 12.9. The maximum absolute atomic E-state index is 12.4. The van der Waals surface area contributed by atoms with Crippen LogP contribution in [0.25, 0.3) is 11.1 Å². The number of aromatic hydroxyl groups is 1. The number of halogens is 1. The number of carboxylic acid groups (broad SMARTS) is 1. The van der Waals surface area contributed by atoms with Gasteiger partial charge in [-0.25, -0.2) is 4.79 Å². The van der Waals surface area contributed by atoms with E-state index in [0.29, 0.717) is 21.8 Å². The lowest BCUT2D eigenvalue weighted by molar-refractivity contribution is -0.116. The van der Waals surface area contributed by atoms with Crippen molar-refractivity contribution in [3.8, 4) is 16.9 Å². The Bertz CT molecular complexity index is 1060. The fourth-order valence-corrected chi connectivity index (χ4v) is 4.71. The third-order valence-electron chi connectivity index (χ3n) is 4.51. The zero-order chi connectivity index (χ0) is 19.1. The van der Waals surface area contributed by atoms with Crippen molar-refractivity contribution in [2.75, 3.05) is 5.32 Å². The molecule has 7 heteroatoms. The normalized spacial score (nSPS) is 15.9. The Morgan fingerprint density at radius 3 is 2.59 bits per heavy atom. The molecule has 1 aliphatic heterocycles. The molecule has 27 heavy (non-hydrogen) atoms. The third-order valence-corrected chi connectivity index (χ3v) is 6.05. The Balaban J connectivity index is 1.94. The standard InChI is InChI=1S/C20H14ClNO4S/c21-12-6-4-10(5-7-12)16-17-18(27-19(16)20(25)26)14(9-15(24)22-17)11-2-1-3-13(23)8-11/h1-8,14,23H,9H2,(H,22,24)(H,25,26). The van der Waals surface area contributed by atoms with Gasteiger partial charge in [0.15, 0.2) is 0 Å². The van der Waals surface area contributed by atoms with Crippen LogP contribution in [0.2, 0.25) is 5.02 Å². The molecule has 3 N–H and O–H groups in total. The Morgan fingerprint density at radius 1 is 1.19 bits per heavy atom. The van der Waals surface area contributed by atoms with E-state index in [9.17, 15) is 19.8 Å². The molecule has 0 saturated heterocycles. The van der Waals surface area contributed by atoms with E-state index in [2.05, 4.69) is 5.32 Å². The molecular weight excluding hydrogens is 386 g/mol. The maximum atomic E-state index is 12.4. The Hall–Kier alpha value is -2.83. The first-order valence-corrected chi connectivity index (χ1v) is 9.38. The van der Waals surface area contributed by atoms with Gasteiger partial charge < -0.3 is 15.5 Å². The number of hydrogen-bond donors (Lipinski definition) is 3. The molecule has 136 valence electrons. The van der Waals surface area contributed by atoms with Gasteiger partial charge in [-0.1, -0.05) is 35.9 Å². The molecule has 0 radical (unpaired) electrons. The molecule has 0 bridgehead atoms. The van der Waals surface area contributed by atoms with Crippen LogP contribution in [0.1, 0.15) is 32.5 Å². The van der Waals surface area contributed by atoms with Crippen LogP contribution < -0.4 is 5.32 Å². The van der Waals surface area contributed by atoms with Crippen LogP contribution in [0.15, 0.2) is 48.5 Å². The minimum atomic E-state index is -1.05. The summed E-state index contributed by atoms with van der Waals surface area (Å²) in [6, 6.07) is 13.5. The van der Waals surface area contributed by atoms with E-state index in [1.807, 2.05) is 6.07 Å². The molecule has 1 unspecified atom stereocenters. The second-order valence-electron chi connectivity index (χ2n) is 6.26. The maximum Gasteiger partial charge on any atom is 0.346 e. The molecule has 5 nitrogen and oxygen atoms in total. The van der Waals surface area contributed by atoms with Crippen LogP contribution in [0.5, 0.6) is 5.75 Å². The molecule has 0 saturated carbocycles. The largest absolute Gasteiger partial charge is 0.508 e. The zero-order valence-corrected chi connectivity index (χ0v) is 15.5. The summed E-state index contributed by atoms with van der Waals surface area (Å²) in [4.78, 5) is 25.2. The summed E-state index contributed by atoms with van der Waals surface area (Å²) < 4.78 is 0. The minimum absolute atomic E-state index is 0.105. The summed E-state index contributed by atoms with van der Waals surface area (Å²) in [7, 11) is 0. The van der Waals surface area contributed by atoms with Gasteiger partial charge in [0.2, 0.25) is 5.91 Å². The lowest BCUT2D eigenvalue weighted by atomic mass is 9.88. The quantitative estimate of drug-likeness (QED) is 0.581. The predicted octanol–water partition coefficient (Wildman–Crippen LogP) is 4.95. The van der Waals surface area contributed by atoms with Crippen molar-refractivity contribution in [3.63, 3.8) is 0 Å². The van der Waals surface area contributed by atoms with Crippen molar-refractivity contribution in [1.29, 1.82) is 0 Å². The molecule has 0 spiro atoms. The molecule has 0 fully saturated rings.